The van der Waals surface area contributed by atoms with Gasteiger partial charge in [0.2, 0.25) is 0 Å². The third-order valence-corrected chi connectivity index (χ3v) is 5.26. The third-order valence-electron chi connectivity index (χ3n) is 5.26. The van der Waals surface area contributed by atoms with E-state index in [4.69, 9.17) is 9.97 Å². The summed E-state index contributed by atoms with van der Waals surface area (Å²) in [7, 11) is 0. The highest BCUT2D eigenvalue weighted by Crippen LogP contribution is 2.26. The third kappa shape index (κ3) is 4.74. The minimum atomic E-state index is -0.235. The second kappa shape index (κ2) is 8.61. The van der Waals surface area contributed by atoms with Crippen molar-refractivity contribution in [2.75, 3.05) is 24.6 Å². The Morgan fingerprint density at radius 2 is 1.93 bits per heavy atom. The summed E-state index contributed by atoms with van der Waals surface area (Å²) in [5.41, 5.74) is 2.80. The molecule has 0 amide bonds. The molecule has 3 heterocycles. The lowest BCUT2D eigenvalue weighted by atomic mass is 9.97. The molecule has 0 radical (unpaired) electrons. The number of anilines is 1. The first-order valence-corrected chi connectivity index (χ1v) is 9.83. The summed E-state index contributed by atoms with van der Waals surface area (Å²) in [6.07, 6.45) is 6.31. The molecule has 3 aromatic rings. The molecule has 0 unspecified atom stereocenters. The van der Waals surface area contributed by atoms with Gasteiger partial charge in [0, 0.05) is 63.1 Å². The van der Waals surface area contributed by atoms with E-state index in [1.807, 2.05) is 18.2 Å². The van der Waals surface area contributed by atoms with Gasteiger partial charge in [0.15, 0.2) is 0 Å². The summed E-state index contributed by atoms with van der Waals surface area (Å²) >= 11 is 0. The molecule has 1 saturated heterocycles. The van der Waals surface area contributed by atoms with Crippen LogP contribution in [0.1, 0.15) is 35.6 Å². The highest BCUT2D eigenvalue weighted by molar-refractivity contribution is 5.43. The zero-order valence-electron chi connectivity index (χ0n) is 16.4. The number of hydrogen-bond acceptors (Lipinski definition) is 6. The molecule has 0 saturated carbocycles. The molecule has 4 rings (SSSR count). The van der Waals surface area contributed by atoms with Crippen LogP contribution in [0.25, 0.3) is 0 Å². The van der Waals surface area contributed by atoms with Gasteiger partial charge in [-0.25, -0.2) is 14.4 Å². The first-order chi connectivity index (χ1) is 14.1. The fourth-order valence-corrected chi connectivity index (χ4v) is 3.54. The van der Waals surface area contributed by atoms with Crippen LogP contribution in [0.2, 0.25) is 0 Å². The number of aromatic nitrogens is 4. The van der Waals surface area contributed by atoms with Crippen LogP contribution in [0.3, 0.4) is 0 Å². The number of benzene rings is 1. The molecule has 1 atom stereocenters. The number of aliphatic hydroxyl groups is 1. The van der Waals surface area contributed by atoms with Crippen molar-refractivity contribution in [3.63, 3.8) is 0 Å². The van der Waals surface area contributed by atoms with Gasteiger partial charge in [0.25, 0.3) is 0 Å². The molecule has 1 N–H and O–H groups in total. The number of hydrogen-bond donors (Lipinski definition) is 1. The van der Waals surface area contributed by atoms with E-state index in [0.717, 1.165) is 41.7 Å². The second-order valence-electron chi connectivity index (χ2n) is 7.62. The van der Waals surface area contributed by atoms with Crippen LogP contribution < -0.4 is 4.90 Å². The molecule has 1 aliphatic rings. The molecule has 2 aromatic heterocycles. The average Bonchev–Trinajstić information content (AvgIpc) is 2.68. The molecular weight excluding hydrogens is 369 g/mol. The van der Waals surface area contributed by atoms with Crippen LogP contribution in [-0.2, 0) is 12.8 Å². The van der Waals surface area contributed by atoms with Crippen molar-refractivity contribution < 1.29 is 9.50 Å². The van der Waals surface area contributed by atoms with Crippen LogP contribution in [-0.4, -0.2) is 44.7 Å². The number of rotatable bonds is 7. The predicted molar refractivity (Wildman–Crippen MR) is 108 cm³/mol. The Morgan fingerprint density at radius 3 is 2.62 bits per heavy atom. The molecule has 6 nitrogen and oxygen atoms in total. The van der Waals surface area contributed by atoms with Crippen molar-refractivity contribution in [3.05, 3.63) is 77.5 Å². The van der Waals surface area contributed by atoms with E-state index >= 15 is 0 Å². The van der Waals surface area contributed by atoms with Crippen LogP contribution in [0.15, 0.2) is 48.9 Å². The van der Waals surface area contributed by atoms with E-state index in [2.05, 4.69) is 21.8 Å². The van der Waals surface area contributed by atoms with Crippen molar-refractivity contribution in [2.45, 2.75) is 25.7 Å². The minimum Gasteiger partial charge on any atom is -0.396 e. The Morgan fingerprint density at radius 1 is 1.14 bits per heavy atom. The lowest BCUT2D eigenvalue weighted by Crippen LogP contribution is -2.49. The summed E-state index contributed by atoms with van der Waals surface area (Å²) < 4.78 is 13.2. The second-order valence-corrected chi connectivity index (χ2v) is 7.62. The highest BCUT2D eigenvalue weighted by atomic mass is 19.1. The quantitative estimate of drug-likeness (QED) is 0.665. The van der Waals surface area contributed by atoms with Gasteiger partial charge in [-0.15, -0.1) is 0 Å². The van der Waals surface area contributed by atoms with Crippen LogP contribution in [0, 0.1) is 11.7 Å². The number of aliphatic hydroxyl groups excluding tert-OH is 1. The van der Waals surface area contributed by atoms with Gasteiger partial charge >= 0.3 is 0 Å². The zero-order chi connectivity index (χ0) is 20.2. The van der Waals surface area contributed by atoms with E-state index in [1.54, 1.807) is 18.6 Å². The maximum Gasteiger partial charge on any atom is 0.132 e. The SMILES string of the molecule is C[C@H](Cc1nc(Cc2cnccn2)cc(N2CC(CO)C2)n1)c1ccc(F)cc1. The van der Waals surface area contributed by atoms with E-state index in [-0.39, 0.29) is 18.3 Å². The topological polar surface area (TPSA) is 75.0 Å². The van der Waals surface area contributed by atoms with Gasteiger partial charge in [-0.1, -0.05) is 19.1 Å². The van der Waals surface area contributed by atoms with Gasteiger partial charge < -0.3 is 10.0 Å². The number of halogens is 1. The molecule has 29 heavy (non-hydrogen) atoms. The normalized spacial score (nSPS) is 15.2. The summed E-state index contributed by atoms with van der Waals surface area (Å²) in [5, 5.41) is 9.32. The molecule has 1 fully saturated rings. The van der Waals surface area contributed by atoms with Crippen LogP contribution in [0.5, 0.6) is 0 Å². The molecule has 1 aliphatic heterocycles. The van der Waals surface area contributed by atoms with Crippen molar-refractivity contribution in [2.24, 2.45) is 5.92 Å². The van der Waals surface area contributed by atoms with Crippen molar-refractivity contribution in [1.29, 1.82) is 0 Å². The summed E-state index contributed by atoms with van der Waals surface area (Å²) in [6.45, 7) is 3.88. The maximum absolute atomic E-state index is 13.2. The molecule has 7 heteroatoms. The van der Waals surface area contributed by atoms with Crippen molar-refractivity contribution in [1.82, 2.24) is 19.9 Å². The molecule has 0 aliphatic carbocycles. The summed E-state index contributed by atoms with van der Waals surface area (Å²) in [5.74, 6) is 1.86. The minimum absolute atomic E-state index is 0.164. The highest BCUT2D eigenvalue weighted by Gasteiger charge is 2.28. The predicted octanol–water partition coefficient (Wildman–Crippen LogP) is 2.77. The zero-order valence-corrected chi connectivity index (χ0v) is 16.4. The lowest BCUT2D eigenvalue weighted by Gasteiger charge is -2.39. The van der Waals surface area contributed by atoms with Gasteiger partial charge in [0.1, 0.15) is 17.5 Å². The fraction of sp³-hybridized carbons (Fsp3) is 0.364. The standard InChI is InChI=1S/C22H24FN5O/c1-15(17-2-4-18(23)5-3-17)8-21-26-19(9-20-11-24-6-7-25-20)10-22(27-21)28-12-16(13-28)14-29/h2-7,10-11,15-16,29H,8-9,12-14H2,1H3/t15-/m1/s1. The fourth-order valence-electron chi connectivity index (χ4n) is 3.54. The number of nitrogens with zero attached hydrogens (tertiary/aromatic N) is 5. The molecular formula is C22H24FN5O. The summed E-state index contributed by atoms with van der Waals surface area (Å²) in [6, 6.07) is 8.58. The largest absolute Gasteiger partial charge is 0.396 e. The lowest BCUT2D eigenvalue weighted by molar-refractivity contribution is 0.200. The van der Waals surface area contributed by atoms with Crippen LogP contribution >= 0.6 is 0 Å². The van der Waals surface area contributed by atoms with Crippen molar-refractivity contribution in [3.8, 4) is 0 Å². The molecule has 0 spiro atoms. The molecule has 150 valence electrons. The first-order valence-electron chi connectivity index (χ1n) is 9.83. The molecule has 0 bridgehead atoms. The Kier molecular flexibility index (Phi) is 5.76. The Labute approximate surface area is 169 Å². The Balaban J connectivity index is 1.57. The smallest absolute Gasteiger partial charge is 0.132 e. The van der Waals surface area contributed by atoms with Gasteiger partial charge in [0.05, 0.1) is 11.4 Å². The van der Waals surface area contributed by atoms with Crippen molar-refractivity contribution >= 4 is 5.82 Å². The van der Waals surface area contributed by atoms with E-state index in [0.29, 0.717) is 18.8 Å². The average molecular weight is 393 g/mol. The van der Waals surface area contributed by atoms with E-state index < -0.39 is 0 Å². The van der Waals surface area contributed by atoms with Gasteiger partial charge in [-0.2, -0.15) is 0 Å². The van der Waals surface area contributed by atoms with Gasteiger partial charge in [-0.05, 0) is 23.6 Å². The summed E-state index contributed by atoms with van der Waals surface area (Å²) in [4.78, 5) is 20.2. The van der Waals surface area contributed by atoms with Gasteiger partial charge in [-0.3, -0.25) is 9.97 Å². The monoisotopic (exact) mass is 393 g/mol. The van der Waals surface area contributed by atoms with Crippen LogP contribution in [0.4, 0.5) is 10.2 Å². The Hall–Kier alpha value is -2.93. The van der Waals surface area contributed by atoms with E-state index in [1.165, 1.54) is 12.1 Å². The maximum atomic E-state index is 13.2. The van der Waals surface area contributed by atoms with E-state index in [9.17, 15) is 9.50 Å². The Bertz CT molecular complexity index is 945. The first kappa shape index (κ1) is 19.4. The molecule has 1 aromatic carbocycles.